The van der Waals surface area contributed by atoms with Crippen molar-refractivity contribution < 1.29 is 0 Å². The van der Waals surface area contributed by atoms with E-state index in [1.807, 2.05) is 0 Å². The normalized spacial score (nSPS) is 34.8. The molecule has 2 N–H and O–H groups in total. The minimum Gasteiger partial charge on any atom is -0.314 e. The van der Waals surface area contributed by atoms with Crippen molar-refractivity contribution in [3.8, 4) is 0 Å². The van der Waals surface area contributed by atoms with Crippen LogP contribution in [0.25, 0.3) is 0 Å². The molecule has 88 valence electrons. The quantitative estimate of drug-likeness (QED) is 0.744. The van der Waals surface area contributed by atoms with Gasteiger partial charge in [0.25, 0.3) is 0 Å². The van der Waals surface area contributed by atoms with Crippen molar-refractivity contribution >= 4 is 0 Å². The molecular formula is C13H26N2. The van der Waals surface area contributed by atoms with E-state index in [-0.39, 0.29) is 0 Å². The largest absolute Gasteiger partial charge is 0.314 e. The molecule has 0 aromatic rings. The SMILES string of the molecule is CC1(CNCC2(C)CCCN2)CCCC1. The van der Waals surface area contributed by atoms with Gasteiger partial charge in [-0.2, -0.15) is 0 Å². The van der Waals surface area contributed by atoms with Crippen LogP contribution >= 0.6 is 0 Å². The van der Waals surface area contributed by atoms with Crippen molar-refractivity contribution in [1.82, 2.24) is 10.6 Å². The van der Waals surface area contributed by atoms with Gasteiger partial charge >= 0.3 is 0 Å². The monoisotopic (exact) mass is 210 g/mol. The van der Waals surface area contributed by atoms with Gasteiger partial charge in [-0.1, -0.05) is 19.8 Å². The highest BCUT2D eigenvalue weighted by molar-refractivity contribution is 4.92. The van der Waals surface area contributed by atoms with E-state index < -0.39 is 0 Å². The standard InChI is InChI=1S/C13H26N2/c1-12(6-3-4-7-12)10-14-11-13(2)8-5-9-15-13/h14-15H,3-11H2,1-2H3. The first-order valence-electron chi connectivity index (χ1n) is 6.58. The van der Waals surface area contributed by atoms with Crippen molar-refractivity contribution in [1.29, 1.82) is 0 Å². The van der Waals surface area contributed by atoms with E-state index in [1.165, 1.54) is 51.6 Å². The smallest absolute Gasteiger partial charge is 0.0278 e. The first-order valence-corrected chi connectivity index (χ1v) is 6.58. The third-order valence-corrected chi connectivity index (χ3v) is 4.33. The average Bonchev–Trinajstić information content (AvgIpc) is 2.76. The van der Waals surface area contributed by atoms with Gasteiger partial charge in [0.1, 0.15) is 0 Å². The molecule has 15 heavy (non-hydrogen) atoms. The van der Waals surface area contributed by atoms with Crippen LogP contribution in [-0.4, -0.2) is 25.2 Å². The topological polar surface area (TPSA) is 24.1 Å². The van der Waals surface area contributed by atoms with Gasteiger partial charge in [-0.25, -0.2) is 0 Å². The minimum absolute atomic E-state index is 0.370. The maximum Gasteiger partial charge on any atom is 0.0278 e. The number of nitrogens with one attached hydrogen (secondary N) is 2. The highest BCUT2D eigenvalue weighted by Crippen LogP contribution is 2.36. The number of hydrogen-bond acceptors (Lipinski definition) is 2. The van der Waals surface area contributed by atoms with Crippen LogP contribution < -0.4 is 10.6 Å². The van der Waals surface area contributed by atoms with E-state index in [1.54, 1.807) is 0 Å². The highest BCUT2D eigenvalue weighted by Gasteiger charge is 2.31. The zero-order valence-electron chi connectivity index (χ0n) is 10.4. The van der Waals surface area contributed by atoms with Gasteiger partial charge in [-0.15, -0.1) is 0 Å². The van der Waals surface area contributed by atoms with Crippen molar-refractivity contribution in [3.63, 3.8) is 0 Å². The minimum atomic E-state index is 0.370. The summed E-state index contributed by atoms with van der Waals surface area (Å²) in [5.74, 6) is 0. The van der Waals surface area contributed by atoms with Crippen LogP contribution in [0.5, 0.6) is 0 Å². The fourth-order valence-electron chi connectivity index (χ4n) is 3.15. The predicted molar refractivity (Wildman–Crippen MR) is 65.1 cm³/mol. The van der Waals surface area contributed by atoms with Crippen LogP contribution in [0.4, 0.5) is 0 Å². The first kappa shape index (κ1) is 11.4. The van der Waals surface area contributed by atoms with Gasteiger partial charge in [0.2, 0.25) is 0 Å². The van der Waals surface area contributed by atoms with Gasteiger partial charge in [0.05, 0.1) is 0 Å². The van der Waals surface area contributed by atoms with Crippen molar-refractivity contribution in [2.75, 3.05) is 19.6 Å². The molecule has 1 aliphatic heterocycles. The Labute approximate surface area is 94.2 Å². The lowest BCUT2D eigenvalue weighted by atomic mass is 9.88. The molecule has 0 aromatic carbocycles. The Balaban J connectivity index is 1.69. The van der Waals surface area contributed by atoms with Crippen LogP contribution in [0.2, 0.25) is 0 Å². The van der Waals surface area contributed by atoms with E-state index in [4.69, 9.17) is 0 Å². The zero-order chi connectivity index (χ0) is 10.8. The molecule has 0 radical (unpaired) electrons. The average molecular weight is 210 g/mol. The maximum absolute atomic E-state index is 3.69. The second-order valence-corrected chi connectivity index (χ2v) is 6.21. The summed E-state index contributed by atoms with van der Waals surface area (Å²) < 4.78 is 0. The molecule has 1 aliphatic carbocycles. The Morgan fingerprint density at radius 1 is 1.00 bits per heavy atom. The van der Waals surface area contributed by atoms with Gasteiger partial charge in [0.15, 0.2) is 0 Å². The van der Waals surface area contributed by atoms with Crippen LogP contribution in [0.15, 0.2) is 0 Å². The molecule has 1 saturated heterocycles. The van der Waals surface area contributed by atoms with Gasteiger partial charge in [-0.3, -0.25) is 0 Å². The molecule has 0 spiro atoms. The summed E-state index contributed by atoms with van der Waals surface area (Å²) in [7, 11) is 0. The summed E-state index contributed by atoms with van der Waals surface area (Å²) in [5.41, 5.74) is 0.962. The molecule has 0 bridgehead atoms. The molecule has 1 heterocycles. The third-order valence-electron chi connectivity index (χ3n) is 4.33. The van der Waals surface area contributed by atoms with Gasteiger partial charge < -0.3 is 10.6 Å². The van der Waals surface area contributed by atoms with E-state index >= 15 is 0 Å². The summed E-state index contributed by atoms with van der Waals surface area (Å²) in [6.45, 7) is 8.35. The Morgan fingerprint density at radius 3 is 2.33 bits per heavy atom. The Hall–Kier alpha value is -0.0800. The second-order valence-electron chi connectivity index (χ2n) is 6.21. The Bertz CT molecular complexity index is 179. The fourth-order valence-corrected chi connectivity index (χ4v) is 3.15. The summed E-state index contributed by atoms with van der Waals surface area (Å²) in [6, 6.07) is 0. The van der Waals surface area contributed by atoms with E-state index in [0.717, 1.165) is 6.54 Å². The molecule has 2 aliphatic rings. The molecule has 0 aromatic heterocycles. The van der Waals surface area contributed by atoms with E-state index in [2.05, 4.69) is 24.5 Å². The molecule has 2 fully saturated rings. The fraction of sp³-hybridized carbons (Fsp3) is 1.00. The highest BCUT2D eigenvalue weighted by atomic mass is 15.1. The zero-order valence-corrected chi connectivity index (χ0v) is 10.4. The molecule has 0 amide bonds. The van der Waals surface area contributed by atoms with Crippen LogP contribution in [0, 0.1) is 5.41 Å². The third kappa shape index (κ3) is 2.94. The number of hydrogen-bond donors (Lipinski definition) is 2. The van der Waals surface area contributed by atoms with Crippen molar-refractivity contribution in [2.45, 2.75) is 57.9 Å². The molecule has 2 nitrogen and oxygen atoms in total. The van der Waals surface area contributed by atoms with Gasteiger partial charge in [-0.05, 0) is 44.6 Å². The summed E-state index contributed by atoms with van der Waals surface area (Å²) in [4.78, 5) is 0. The predicted octanol–water partition coefficient (Wildman–Crippen LogP) is 2.30. The summed E-state index contributed by atoms with van der Waals surface area (Å²) in [6.07, 6.45) is 8.39. The van der Waals surface area contributed by atoms with Crippen LogP contribution in [0.1, 0.15) is 52.4 Å². The summed E-state index contributed by atoms with van der Waals surface area (Å²) in [5, 5.41) is 7.30. The lowest BCUT2D eigenvalue weighted by molar-refractivity contribution is 0.289. The van der Waals surface area contributed by atoms with Crippen molar-refractivity contribution in [2.24, 2.45) is 5.41 Å². The molecule has 1 atom stereocenters. The molecule has 1 unspecified atom stereocenters. The van der Waals surface area contributed by atoms with E-state index in [9.17, 15) is 0 Å². The van der Waals surface area contributed by atoms with Gasteiger partial charge in [0, 0.05) is 18.6 Å². The van der Waals surface area contributed by atoms with Crippen LogP contribution in [-0.2, 0) is 0 Å². The molecule has 1 saturated carbocycles. The van der Waals surface area contributed by atoms with Crippen LogP contribution in [0.3, 0.4) is 0 Å². The lowest BCUT2D eigenvalue weighted by Crippen LogP contribution is -2.47. The van der Waals surface area contributed by atoms with Crippen molar-refractivity contribution in [3.05, 3.63) is 0 Å². The Kier molecular flexibility index (Phi) is 3.36. The number of rotatable bonds is 4. The first-order chi connectivity index (χ1) is 7.12. The molecule has 2 heteroatoms. The molecular weight excluding hydrogens is 184 g/mol. The lowest BCUT2D eigenvalue weighted by Gasteiger charge is -2.29. The maximum atomic E-state index is 3.69. The van der Waals surface area contributed by atoms with E-state index in [0.29, 0.717) is 11.0 Å². The summed E-state index contributed by atoms with van der Waals surface area (Å²) >= 11 is 0. The molecule has 2 rings (SSSR count). The Morgan fingerprint density at radius 2 is 1.73 bits per heavy atom. The second kappa shape index (κ2) is 4.42.